The average Bonchev–Trinajstić information content (AvgIpc) is 2.32. The van der Waals surface area contributed by atoms with Crippen molar-refractivity contribution in [3.63, 3.8) is 0 Å². The highest BCUT2D eigenvalue weighted by Gasteiger charge is 2.27. The number of sulfonamides is 1. The van der Waals surface area contributed by atoms with Crippen LogP contribution in [0.1, 0.15) is 6.42 Å². The molecule has 0 saturated heterocycles. The van der Waals surface area contributed by atoms with Gasteiger partial charge in [0.15, 0.2) is 0 Å². The van der Waals surface area contributed by atoms with Crippen molar-refractivity contribution >= 4 is 21.6 Å². The first kappa shape index (κ1) is 17.2. The minimum atomic E-state index is -4.38. The highest BCUT2D eigenvalue weighted by Crippen LogP contribution is 2.20. The highest BCUT2D eigenvalue weighted by molar-refractivity contribution is 7.89. The largest absolute Gasteiger partial charge is 0.411 e. The van der Waals surface area contributed by atoms with Crippen LogP contribution in [0.5, 0.6) is 0 Å². The van der Waals surface area contributed by atoms with E-state index >= 15 is 0 Å². The predicted molar refractivity (Wildman–Crippen MR) is 68.1 cm³/mol. The summed E-state index contributed by atoms with van der Waals surface area (Å²) in [5.41, 5.74) is 0. The van der Waals surface area contributed by atoms with Gasteiger partial charge < -0.3 is 4.74 Å². The number of alkyl halides is 3. The first-order chi connectivity index (χ1) is 9.22. The molecule has 1 aromatic carbocycles. The first-order valence-corrected chi connectivity index (χ1v) is 7.47. The third-order valence-corrected chi connectivity index (χ3v) is 4.11. The van der Waals surface area contributed by atoms with Crippen molar-refractivity contribution in [2.24, 2.45) is 0 Å². The molecule has 0 radical (unpaired) electrons. The van der Waals surface area contributed by atoms with Crippen LogP contribution in [0.25, 0.3) is 0 Å². The molecule has 0 aromatic heterocycles. The summed E-state index contributed by atoms with van der Waals surface area (Å²) in [6, 6.07) is 5.88. The molecule has 0 unspecified atom stereocenters. The molecule has 114 valence electrons. The maximum absolute atomic E-state index is 11.8. The molecule has 1 aromatic rings. The molecule has 0 aliphatic carbocycles. The van der Waals surface area contributed by atoms with Gasteiger partial charge in [-0.05, 0) is 18.6 Å². The molecule has 9 heteroatoms. The van der Waals surface area contributed by atoms with E-state index < -0.39 is 22.8 Å². The molecule has 0 spiro atoms. The molecule has 4 nitrogen and oxygen atoms in total. The topological polar surface area (TPSA) is 55.4 Å². The highest BCUT2D eigenvalue weighted by atomic mass is 35.5. The van der Waals surface area contributed by atoms with Crippen molar-refractivity contribution in [3.05, 3.63) is 29.3 Å². The summed E-state index contributed by atoms with van der Waals surface area (Å²) < 4.78 is 65.6. The molecular weight excluding hydrogens is 319 g/mol. The Balaban J connectivity index is 2.37. The molecule has 0 fully saturated rings. The fourth-order valence-electron chi connectivity index (χ4n) is 1.31. The van der Waals surface area contributed by atoms with E-state index in [9.17, 15) is 21.6 Å². The summed E-state index contributed by atoms with van der Waals surface area (Å²) >= 11 is 5.75. The zero-order valence-corrected chi connectivity index (χ0v) is 11.9. The second-order valence-corrected chi connectivity index (χ2v) is 5.99. The Morgan fingerprint density at radius 1 is 1.25 bits per heavy atom. The lowest BCUT2D eigenvalue weighted by atomic mass is 10.4. The standard InChI is InChI=1S/C11H13ClF3NO3S/c12-9-4-1-2-5-10(9)20(17,18)16-6-3-7-19-8-11(13,14)15/h1-2,4-5,16H,3,6-8H2. The second-order valence-electron chi connectivity index (χ2n) is 3.85. The van der Waals surface area contributed by atoms with Gasteiger partial charge in [-0.1, -0.05) is 23.7 Å². The molecule has 0 amide bonds. The maximum atomic E-state index is 11.8. The average molecular weight is 332 g/mol. The van der Waals surface area contributed by atoms with E-state index in [4.69, 9.17) is 11.6 Å². The number of benzene rings is 1. The Bertz CT molecular complexity index is 534. The van der Waals surface area contributed by atoms with Crippen LogP contribution in [0.3, 0.4) is 0 Å². The van der Waals surface area contributed by atoms with Crippen molar-refractivity contribution in [2.75, 3.05) is 19.8 Å². The van der Waals surface area contributed by atoms with E-state index in [1.165, 1.54) is 18.2 Å². The van der Waals surface area contributed by atoms with Gasteiger partial charge in [0.05, 0.1) is 5.02 Å². The van der Waals surface area contributed by atoms with Crippen LogP contribution in [0.15, 0.2) is 29.2 Å². The van der Waals surface area contributed by atoms with Gasteiger partial charge in [-0.2, -0.15) is 13.2 Å². The lowest BCUT2D eigenvalue weighted by molar-refractivity contribution is -0.173. The Labute approximate surface area is 119 Å². The maximum Gasteiger partial charge on any atom is 0.411 e. The van der Waals surface area contributed by atoms with Gasteiger partial charge in [0, 0.05) is 13.2 Å². The van der Waals surface area contributed by atoms with Crippen molar-refractivity contribution < 1.29 is 26.3 Å². The van der Waals surface area contributed by atoms with Crippen molar-refractivity contribution in [1.82, 2.24) is 4.72 Å². The normalized spacial score (nSPS) is 12.6. The van der Waals surface area contributed by atoms with Gasteiger partial charge in [0.25, 0.3) is 0 Å². The van der Waals surface area contributed by atoms with E-state index in [1.54, 1.807) is 6.07 Å². The van der Waals surface area contributed by atoms with E-state index in [2.05, 4.69) is 9.46 Å². The Morgan fingerprint density at radius 3 is 2.50 bits per heavy atom. The number of ether oxygens (including phenoxy) is 1. The molecule has 0 heterocycles. The summed E-state index contributed by atoms with van der Waals surface area (Å²) in [5, 5.41) is 0.0771. The van der Waals surface area contributed by atoms with E-state index in [-0.39, 0.29) is 29.5 Å². The monoisotopic (exact) mass is 331 g/mol. The molecule has 0 bridgehead atoms. The number of hydrogen-bond donors (Lipinski definition) is 1. The number of halogens is 4. The fourth-order valence-corrected chi connectivity index (χ4v) is 2.90. The molecule has 0 atom stereocenters. The van der Waals surface area contributed by atoms with E-state index in [0.29, 0.717) is 0 Å². The smallest absolute Gasteiger partial charge is 0.372 e. The summed E-state index contributed by atoms with van der Waals surface area (Å²) in [4.78, 5) is -0.0714. The molecule has 0 aliphatic heterocycles. The van der Waals surface area contributed by atoms with Crippen LogP contribution in [-0.4, -0.2) is 34.4 Å². The molecular formula is C11H13ClF3NO3S. The predicted octanol–water partition coefficient (Wildman–Crippen LogP) is 2.59. The summed E-state index contributed by atoms with van der Waals surface area (Å²) in [6.07, 6.45) is -4.25. The third kappa shape index (κ3) is 6.08. The number of hydrogen-bond acceptors (Lipinski definition) is 3. The van der Waals surface area contributed by atoms with Crippen LogP contribution >= 0.6 is 11.6 Å². The fraction of sp³-hybridized carbons (Fsp3) is 0.455. The molecule has 20 heavy (non-hydrogen) atoms. The van der Waals surface area contributed by atoms with E-state index in [0.717, 1.165) is 0 Å². The minimum absolute atomic E-state index is 0.0363. The Morgan fingerprint density at radius 2 is 1.90 bits per heavy atom. The lowest BCUT2D eigenvalue weighted by Crippen LogP contribution is -2.26. The zero-order valence-electron chi connectivity index (χ0n) is 10.3. The molecule has 1 N–H and O–H groups in total. The van der Waals surface area contributed by atoms with Crippen molar-refractivity contribution in [3.8, 4) is 0 Å². The quantitative estimate of drug-likeness (QED) is 0.781. The molecule has 0 aliphatic rings. The first-order valence-electron chi connectivity index (χ1n) is 5.61. The van der Waals surface area contributed by atoms with Crippen molar-refractivity contribution in [1.29, 1.82) is 0 Å². The van der Waals surface area contributed by atoms with Gasteiger partial charge in [-0.15, -0.1) is 0 Å². The lowest BCUT2D eigenvalue weighted by Gasteiger charge is -2.09. The minimum Gasteiger partial charge on any atom is -0.372 e. The van der Waals surface area contributed by atoms with Gasteiger partial charge in [0.2, 0.25) is 10.0 Å². The van der Waals surface area contributed by atoms with Crippen LogP contribution in [0.2, 0.25) is 5.02 Å². The Kier molecular flexibility index (Phi) is 6.25. The summed E-state index contributed by atoms with van der Waals surface area (Å²) in [6.45, 7) is -1.57. The molecule has 0 saturated carbocycles. The Hall–Kier alpha value is -0.830. The summed E-state index contributed by atoms with van der Waals surface area (Å²) in [5.74, 6) is 0. The van der Waals surface area contributed by atoms with Gasteiger partial charge in [0.1, 0.15) is 11.5 Å². The molecule has 1 rings (SSSR count). The van der Waals surface area contributed by atoms with E-state index in [1.807, 2.05) is 0 Å². The van der Waals surface area contributed by atoms with Crippen LogP contribution in [0, 0.1) is 0 Å². The zero-order chi connectivity index (χ0) is 15.2. The van der Waals surface area contributed by atoms with Gasteiger partial charge in [-0.25, -0.2) is 13.1 Å². The third-order valence-electron chi connectivity index (χ3n) is 2.15. The SMILES string of the molecule is O=S(=O)(NCCCOCC(F)(F)F)c1ccccc1Cl. The number of nitrogens with one attached hydrogen (secondary N) is 1. The van der Waals surface area contributed by atoms with Crippen LogP contribution < -0.4 is 4.72 Å². The van der Waals surface area contributed by atoms with Gasteiger partial charge in [-0.3, -0.25) is 0 Å². The van der Waals surface area contributed by atoms with Crippen LogP contribution in [0.4, 0.5) is 13.2 Å². The number of rotatable bonds is 7. The second kappa shape index (κ2) is 7.26. The van der Waals surface area contributed by atoms with Crippen LogP contribution in [-0.2, 0) is 14.8 Å². The van der Waals surface area contributed by atoms with Gasteiger partial charge >= 0.3 is 6.18 Å². The van der Waals surface area contributed by atoms with Crippen molar-refractivity contribution in [2.45, 2.75) is 17.5 Å². The summed E-state index contributed by atoms with van der Waals surface area (Å²) in [7, 11) is -3.77.